The summed E-state index contributed by atoms with van der Waals surface area (Å²) >= 11 is 0. The lowest BCUT2D eigenvalue weighted by Gasteiger charge is -2.26. The number of nitrogens with one attached hydrogen (secondary N) is 1. The van der Waals surface area contributed by atoms with Crippen LogP contribution in [0.4, 0.5) is 0 Å². The summed E-state index contributed by atoms with van der Waals surface area (Å²) in [6.45, 7) is 4.15. The number of aliphatic hydroxyl groups is 3. The maximum Gasteiger partial charge on any atom is 0.220 e. The van der Waals surface area contributed by atoms with Gasteiger partial charge in [0.1, 0.15) is 6.10 Å². The Hall–Kier alpha value is -1.43. The van der Waals surface area contributed by atoms with Gasteiger partial charge >= 0.3 is 0 Å². The van der Waals surface area contributed by atoms with Crippen LogP contribution in [0.15, 0.2) is 36.5 Å². The Morgan fingerprint density at radius 2 is 0.811 bits per heavy atom. The molecule has 53 heavy (non-hydrogen) atoms. The molecule has 0 heterocycles. The van der Waals surface area contributed by atoms with Crippen molar-refractivity contribution in [3.05, 3.63) is 36.5 Å². The standard InChI is InChI=1S/C48H91NO4/c1-3-5-7-9-11-13-15-17-19-21-22-23-24-25-27-28-30-32-34-36-38-40-42-46(51)48(53)45(44-50)49-47(52)43-41-39-37-35-33-31-29-26-20-18-16-14-12-10-8-6-4-2/h12,14,18,20,34,36,45-46,48,50-51,53H,3-11,13,15-17,19,21-33,35,37-44H2,1-2H3,(H,49,52)/b14-12-,20-18-,36-34+. The van der Waals surface area contributed by atoms with Gasteiger partial charge < -0.3 is 20.6 Å². The van der Waals surface area contributed by atoms with Crippen LogP contribution in [0.2, 0.25) is 0 Å². The van der Waals surface area contributed by atoms with E-state index < -0.39 is 18.2 Å². The van der Waals surface area contributed by atoms with Crippen LogP contribution in [0.3, 0.4) is 0 Å². The van der Waals surface area contributed by atoms with Gasteiger partial charge in [0.15, 0.2) is 0 Å². The zero-order valence-electron chi connectivity index (χ0n) is 35.4. The van der Waals surface area contributed by atoms with Gasteiger partial charge in [-0.15, -0.1) is 0 Å². The lowest BCUT2D eigenvalue weighted by Crippen LogP contribution is -2.50. The molecule has 3 unspecified atom stereocenters. The van der Waals surface area contributed by atoms with E-state index in [0.717, 1.165) is 51.4 Å². The Balaban J connectivity index is 3.65. The zero-order chi connectivity index (χ0) is 38.7. The molecule has 0 fully saturated rings. The van der Waals surface area contributed by atoms with Gasteiger partial charge in [-0.25, -0.2) is 0 Å². The molecule has 0 radical (unpaired) electrons. The van der Waals surface area contributed by atoms with E-state index in [0.29, 0.717) is 12.8 Å². The van der Waals surface area contributed by atoms with E-state index >= 15 is 0 Å². The molecule has 0 aliphatic carbocycles. The fraction of sp³-hybridized carbons (Fsp3) is 0.854. The number of amides is 1. The number of hydrogen-bond donors (Lipinski definition) is 4. The summed E-state index contributed by atoms with van der Waals surface area (Å²) in [6, 6.07) is -0.830. The minimum atomic E-state index is -1.16. The summed E-state index contributed by atoms with van der Waals surface area (Å²) in [5, 5.41) is 33.6. The van der Waals surface area contributed by atoms with Gasteiger partial charge in [0, 0.05) is 6.42 Å². The van der Waals surface area contributed by atoms with Gasteiger partial charge in [0.25, 0.3) is 0 Å². The summed E-state index contributed by atoms with van der Waals surface area (Å²) < 4.78 is 0. The molecule has 3 atom stereocenters. The molecule has 312 valence electrons. The second-order valence-electron chi connectivity index (χ2n) is 16.0. The molecule has 1 amide bonds. The number of unbranched alkanes of at least 4 members (excludes halogenated alkanes) is 28. The molecular formula is C48H91NO4. The highest BCUT2D eigenvalue weighted by Gasteiger charge is 2.26. The number of carbonyl (C=O) groups is 1. The number of rotatable bonds is 42. The van der Waals surface area contributed by atoms with Crippen molar-refractivity contribution in [3.8, 4) is 0 Å². The van der Waals surface area contributed by atoms with Crippen LogP contribution in [0.25, 0.3) is 0 Å². The Labute approximate surface area is 330 Å². The number of allylic oxidation sites excluding steroid dienone is 6. The lowest BCUT2D eigenvalue weighted by molar-refractivity contribution is -0.124. The summed E-state index contributed by atoms with van der Waals surface area (Å²) in [6.07, 6.45) is 54.0. The third-order valence-corrected chi connectivity index (χ3v) is 10.7. The summed E-state index contributed by atoms with van der Waals surface area (Å²) in [7, 11) is 0. The van der Waals surface area contributed by atoms with Crippen molar-refractivity contribution in [2.75, 3.05) is 6.61 Å². The molecule has 0 aromatic rings. The first kappa shape index (κ1) is 51.6. The summed E-state index contributed by atoms with van der Waals surface area (Å²) in [5.74, 6) is -0.162. The van der Waals surface area contributed by atoms with Gasteiger partial charge in [-0.2, -0.15) is 0 Å². The third kappa shape index (κ3) is 38.6. The van der Waals surface area contributed by atoms with Gasteiger partial charge in [-0.1, -0.05) is 198 Å². The van der Waals surface area contributed by atoms with Crippen LogP contribution in [-0.2, 0) is 4.79 Å². The number of aliphatic hydroxyl groups excluding tert-OH is 3. The highest BCUT2D eigenvalue weighted by atomic mass is 16.3. The van der Waals surface area contributed by atoms with E-state index in [2.05, 4.69) is 55.6 Å². The Kier molecular flexibility index (Phi) is 42.1. The Bertz CT molecular complexity index is 824. The van der Waals surface area contributed by atoms with E-state index in [9.17, 15) is 20.1 Å². The second-order valence-corrected chi connectivity index (χ2v) is 16.0. The van der Waals surface area contributed by atoms with Crippen molar-refractivity contribution < 1.29 is 20.1 Å². The van der Waals surface area contributed by atoms with Gasteiger partial charge in [0.05, 0.1) is 18.8 Å². The van der Waals surface area contributed by atoms with Crippen LogP contribution in [-0.4, -0.2) is 46.1 Å². The minimum Gasteiger partial charge on any atom is -0.394 e. The molecule has 4 N–H and O–H groups in total. The Morgan fingerprint density at radius 1 is 0.472 bits per heavy atom. The maximum atomic E-state index is 12.4. The summed E-state index contributed by atoms with van der Waals surface area (Å²) in [5.41, 5.74) is 0. The molecule has 0 aliphatic heterocycles. The molecule has 0 aromatic heterocycles. The normalized spacial score (nSPS) is 13.8. The van der Waals surface area contributed by atoms with Crippen molar-refractivity contribution >= 4 is 5.91 Å². The van der Waals surface area contributed by atoms with E-state index in [-0.39, 0.29) is 12.5 Å². The molecule has 0 spiro atoms. The third-order valence-electron chi connectivity index (χ3n) is 10.7. The quantitative estimate of drug-likeness (QED) is 0.0370. The fourth-order valence-corrected chi connectivity index (χ4v) is 7.08. The molecule has 0 bridgehead atoms. The average molecular weight is 746 g/mol. The molecule has 0 aromatic carbocycles. The highest BCUT2D eigenvalue weighted by Crippen LogP contribution is 2.16. The lowest BCUT2D eigenvalue weighted by atomic mass is 10.0. The monoisotopic (exact) mass is 746 g/mol. The molecule has 0 saturated carbocycles. The number of hydrogen-bond acceptors (Lipinski definition) is 4. The van der Waals surface area contributed by atoms with Gasteiger partial charge in [0.2, 0.25) is 5.91 Å². The minimum absolute atomic E-state index is 0.162. The Morgan fingerprint density at radius 3 is 1.25 bits per heavy atom. The predicted molar refractivity (Wildman–Crippen MR) is 231 cm³/mol. The molecule has 5 heteroatoms. The predicted octanol–water partition coefficient (Wildman–Crippen LogP) is 13.5. The largest absolute Gasteiger partial charge is 0.394 e. The molecular weight excluding hydrogens is 655 g/mol. The van der Waals surface area contributed by atoms with E-state index in [1.807, 2.05) is 0 Å². The van der Waals surface area contributed by atoms with Gasteiger partial charge in [-0.05, 0) is 70.6 Å². The fourth-order valence-electron chi connectivity index (χ4n) is 7.08. The number of carbonyl (C=O) groups excluding carboxylic acids is 1. The zero-order valence-corrected chi connectivity index (χ0v) is 35.4. The maximum absolute atomic E-state index is 12.4. The highest BCUT2D eigenvalue weighted by molar-refractivity contribution is 5.76. The smallest absolute Gasteiger partial charge is 0.220 e. The van der Waals surface area contributed by atoms with E-state index in [1.165, 1.54) is 161 Å². The van der Waals surface area contributed by atoms with Crippen molar-refractivity contribution in [1.82, 2.24) is 5.32 Å². The van der Waals surface area contributed by atoms with Crippen LogP contribution in [0, 0.1) is 0 Å². The SMILES string of the molecule is CCCCC/C=C\C/C=C\CCCCCCCCCC(=O)NC(CO)C(O)C(O)CCC/C=C/CCCCCCCCCCCCCCCCCCC. The van der Waals surface area contributed by atoms with Crippen LogP contribution < -0.4 is 5.32 Å². The first-order chi connectivity index (χ1) is 26.1. The van der Waals surface area contributed by atoms with Crippen molar-refractivity contribution in [3.63, 3.8) is 0 Å². The second kappa shape index (κ2) is 43.3. The molecule has 5 nitrogen and oxygen atoms in total. The van der Waals surface area contributed by atoms with Gasteiger partial charge in [-0.3, -0.25) is 4.79 Å². The average Bonchev–Trinajstić information content (AvgIpc) is 3.16. The van der Waals surface area contributed by atoms with Crippen LogP contribution in [0.5, 0.6) is 0 Å². The van der Waals surface area contributed by atoms with Crippen LogP contribution >= 0.6 is 0 Å². The van der Waals surface area contributed by atoms with Crippen LogP contribution in [0.1, 0.15) is 239 Å². The van der Waals surface area contributed by atoms with E-state index in [4.69, 9.17) is 0 Å². The van der Waals surface area contributed by atoms with Crippen molar-refractivity contribution in [1.29, 1.82) is 0 Å². The van der Waals surface area contributed by atoms with Crippen molar-refractivity contribution in [2.45, 2.75) is 257 Å². The topological polar surface area (TPSA) is 89.8 Å². The van der Waals surface area contributed by atoms with Crippen molar-refractivity contribution in [2.24, 2.45) is 0 Å². The molecule has 0 saturated heterocycles. The van der Waals surface area contributed by atoms with E-state index in [1.54, 1.807) is 0 Å². The first-order valence-corrected chi connectivity index (χ1v) is 23.3. The first-order valence-electron chi connectivity index (χ1n) is 23.3. The molecule has 0 aliphatic rings. The molecule has 0 rings (SSSR count). The summed E-state index contributed by atoms with van der Waals surface area (Å²) in [4.78, 5) is 12.4.